The summed E-state index contributed by atoms with van der Waals surface area (Å²) in [6.07, 6.45) is 1.89. The first kappa shape index (κ1) is 15.0. The predicted molar refractivity (Wildman–Crippen MR) is 85.9 cm³/mol. The lowest BCUT2D eigenvalue weighted by molar-refractivity contribution is 0.0845. The molecule has 0 radical (unpaired) electrons. The first-order valence-electron chi connectivity index (χ1n) is 7.59. The monoisotopic (exact) mass is 304 g/mol. The van der Waals surface area contributed by atoms with Gasteiger partial charge in [-0.3, -0.25) is 9.59 Å². The van der Waals surface area contributed by atoms with Crippen molar-refractivity contribution in [3.8, 4) is 6.07 Å². The Labute approximate surface area is 134 Å². The van der Waals surface area contributed by atoms with Crippen LogP contribution in [-0.4, -0.2) is 17.7 Å². The number of Topliss-reactive ketones (excluding diaryl/α,β-unsaturated/α-hetero) is 1. The van der Waals surface area contributed by atoms with Crippen molar-refractivity contribution in [2.75, 3.05) is 0 Å². The predicted octanol–water partition coefficient (Wildman–Crippen LogP) is 2.95. The van der Waals surface area contributed by atoms with Gasteiger partial charge < -0.3 is 5.32 Å². The van der Waals surface area contributed by atoms with Gasteiger partial charge in [0.05, 0.1) is 17.7 Å². The van der Waals surface area contributed by atoms with Crippen molar-refractivity contribution in [1.82, 2.24) is 5.32 Å². The molecule has 0 spiro atoms. The van der Waals surface area contributed by atoms with Crippen LogP contribution >= 0.6 is 0 Å². The van der Waals surface area contributed by atoms with Crippen molar-refractivity contribution < 1.29 is 9.59 Å². The van der Waals surface area contributed by atoms with Crippen molar-refractivity contribution in [1.29, 1.82) is 5.26 Å². The summed E-state index contributed by atoms with van der Waals surface area (Å²) in [5, 5.41) is 11.7. The molecule has 4 nitrogen and oxygen atoms in total. The fourth-order valence-electron chi connectivity index (χ4n) is 2.53. The highest BCUT2D eigenvalue weighted by molar-refractivity contribution is 6.04. The maximum absolute atomic E-state index is 12.7. The average molecular weight is 304 g/mol. The van der Waals surface area contributed by atoms with Crippen molar-refractivity contribution in [3.05, 3.63) is 71.3 Å². The van der Waals surface area contributed by atoms with Crippen LogP contribution in [0.25, 0.3) is 0 Å². The molecule has 1 aliphatic carbocycles. The third-order valence-electron chi connectivity index (χ3n) is 4.00. The van der Waals surface area contributed by atoms with E-state index in [-0.39, 0.29) is 17.6 Å². The van der Waals surface area contributed by atoms with Crippen LogP contribution in [0.1, 0.15) is 39.1 Å². The summed E-state index contributed by atoms with van der Waals surface area (Å²) >= 11 is 0. The Bertz CT molecular complexity index is 756. The largest absolute Gasteiger partial charge is 0.342 e. The molecular formula is C19H16N2O2. The second-order valence-electron chi connectivity index (χ2n) is 5.71. The quantitative estimate of drug-likeness (QED) is 0.863. The van der Waals surface area contributed by atoms with E-state index in [1.165, 1.54) is 0 Å². The lowest BCUT2D eigenvalue weighted by atomic mass is 9.99. The van der Waals surface area contributed by atoms with E-state index in [1.807, 2.05) is 12.1 Å². The third-order valence-corrected chi connectivity index (χ3v) is 4.00. The van der Waals surface area contributed by atoms with Gasteiger partial charge in [-0.25, -0.2) is 0 Å². The molecule has 0 aliphatic heterocycles. The van der Waals surface area contributed by atoms with Gasteiger partial charge >= 0.3 is 0 Å². The lowest BCUT2D eigenvalue weighted by Crippen LogP contribution is -2.42. The standard InChI is InChI=1S/C19H16N2O2/c20-12-13-6-8-15(9-7-13)18(22)17(14-10-11-14)21-19(23)16-4-2-1-3-5-16/h1-9,14,17H,10-11H2,(H,21,23). The summed E-state index contributed by atoms with van der Waals surface area (Å²) in [5.74, 6) is -0.128. The van der Waals surface area contributed by atoms with Gasteiger partial charge in [0, 0.05) is 11.1 Å². The highest BCUT2D eigenvalue weighted by Gasteiger charge is 2.37. The third kappa shape index (κ3) is 3.46. The molecule has 1 atom stereocenters. The van der Waals surface area contributed by atoms with Gasteiger partial charge in [-0.15, -0.1) is 0 Å². The molecule has 23 heavy (non-hydrogen) atoms. The van der Waals surface area contributed by atoms with Crippen LogP contribution in [0, 0.1) is 17.2 Å². The fraction of sp³-hybridized carbons (Fsp3) is 0.211. The Kier molecular flexibility index (Phi) is 4.20. The Morgan fingerprint density at radius 3 is 2.22 bits per heavy atom. The molecule has 1 aliphatic rings. The fourth-order valence-corrected chi connectivity index (χ4v) is 2.53. The number of carbonyl (C=O) groups is 2. The average Bonchev–Trinajstić information content (AvgIpc) is 3.44. The second-order valence-corrected chi connectivity index (χ2v) is 5.71. The van der Waals surface area contributed by atoms with Gasteiger partial charge in [-0.05, 0) is 43.0 Å². The van der Waals surface area contributed by atoms with Gasteiger partial charge in [0.1, 0.15) is 0 Å². The second kappa shape index (κ2) is 6.45. The SMILES string of the molecule is N#Cc1ccc(C(=O)C(NC(=O)c2ccccc2)C2CC2)cc1. The van der Waals surface area contributed by atoms with E-state index in [9.17, 15) is 9.59 Å². The lowest BCUT2D eigenvalue weighted by Gasteiger charge is -2.17. The summed E-state index contributed by atoms with van der Waals surface area (Å²) in [6, 6.07) is 16.9. The minimum Gasteiger partial charge on any atom is -0.342 e. The van der Waals surface area contributed by atoms with Crippen molar-refractivity contribution in [2.45, 2.75) is 18.9 Å². The van der Waals surface area contributed by atoms with E-state index in [2.05, 4.69) is 5.32 Å². The zero-order valence-electron chi connectivity index (χ0n) is 12.5. The number of amides is 1. The summed E-state index contributed by atoms with van der Waals surface area (Å²) in [6.45, 7) is 0. The number of hydrogen-bond acceptors (Lipinski definition) is 3. The molecule has 1 saturated carbocycles. The van der Waals surface area contributed by atoms with Gasteiger partial charge in [-0.1, -0.05) is 30.3 Å². The number of nitrogens with one attached hydrogen (secondary N) is 1. The Hall–Kier alpha value is -2.93. The van der Waals surface area contributed by atoms with E-state index < -0.39 is 6.04 Å². The number of rotatable bonds is 5. The summed E-state index contributed by atoms with van der Waals surface area (Å²) in [7, 11) is 0. The summed E-state index contributed by atoms with van der Waals surface area (Å²) in [4.78, 5) is 25.0. The molecule has 1 N–H and O–H groups in total. The molecule has 2 aromatic rings. The summed E-state index contributed by atoms with van der Waals surface area (Å²) in [5.41, 5.74) is 1.58. The van der Waals surface area contributed by atoms with Crippen molar-refractivity contribution in [3.63, 3.8) is 0 Å². The smallest absolute Gasteiger partial charge is 0.251 e. The maximum atomic E-state index is 12.7. The van der Waals surface area contributed by atoms with E-state index >= 15 is 0 Å². The number of hydrogen-bond donors (Lipinski definition) is 1. The van der Waals surface area contributed by atoms with E-state index in [0.717, 1.165) is 12.8 Å². The molecule has 0 heterocycles. The first-order chi connectivity index (χ1) is 11.2. The van der Waals surface area contributed by atoms with Crippen LogP contribution < -0.4 is 5.32 Å². The van der Waals surface area contributed by atoms with E-state index in [0.29, 0.717) is 16.7 Å². The zero-order chi connectivity index (χ0) is 16.2. The zero-order valence-corrected chi connectivity index (χ0v) is 12.5. The van der Waals surface area contributed by atoms with E-state index in [1.54, 1.807) is 48.5 Å². The minimum absolute atomic E-state index is 0.0960. The van der Waals surface area contributed by atoms with Crippen molar-refractivity contribution >= 4 is 11.7 Å². The van der Waals surface area contributed by atoms with Crippen LogP contribution in [0.4, 0.5) is 0 Å². The Morgan fingerprint density at radius 1 is 1.00 bits per heavy atom. The number of nitrogens with zero attached hydrogens (tertiary/aromatic N) is 1. The molecule has 0 aromatic heterocycles. The molecule has 2 aromatic carbocycles. The van der Waals surface area contributed by atoms with Gasteiger partial charge in [0.15, 0.2) is 5.78 Å². The molecule has 0 saturated heterocycles. The highest BCUT2D eigenvalue weighted by Crippen LogP contribution is 2.34. The maximum Gasteiger partial charge on any atom is 0.251 e. The summed E-state index contributed by atoms with van der Waals surface area (Å²) < 4.78 is 0. The van der Waals surface area contributed by atoms with Crippen LogP contribution in [0.2, 0.25) is 0 Å². The molecule has 1 amide bonds. The van der Waals surface area contributed by atoms with Crippen LogP contribution in [0.15, 0.2) is 54.6 Å². The topological polar surface area (TPSA) is 70.0 Å². The number of carbonyl (C=O) groups excluding carboxylic acids is 2. The molecule has 0 bridgehead atoms. The van der Waals surface area contributed by atoms with E-state index in [4.69, 9.17) is 5.26 Å². The van der Waals surface area contributed by atoms with Gasteiger partial charge in [0.25, 0.3) is 5.91 Å². The number of nitriles is 1. The highest BCUT2D eigenvalue weighted by atomic mass is 16.2. The molecule has 3 rings (SSSR count). The van der Waals surface area contributed by atoms with Crippen LogP contribution in [0.3, 0.4) is 0 Å². The molecular weight excluding hydrogens is 288 g/mol. The normalized spacial score (nSPS) is 14.6. The number of benzene rings is 2. The molecule has 4 heteroatoms. The Morgan fingerprint density at radius 2 is 1.65 bits per heavy atom. The first-order valence-corrected chi connectivity index (χ1v) is 7.59. The minimum atomic E-state index is -0.504. The van der Waals surface area contributed by atoms with Gasteiger partial charge in [-0.2, -0.15) is 5.26 Å². The molecule has 1 fully saturated rings. The molecule has 114 valence electrons. The van der Waals surface area contributed by atoms with Crippen molar-refractivity contribution in [2.24, 2.45) is 5.92 Å². The number of ketones is 1. The molecule has 1 unspecified atom stereocenters. The van der Waals surface area contributed by atoms with Gasteiger partial charge in [0.2, 0.25) is 0 Å². The van der Waals surface area contributed by atoms with Crippen LogP contribution in [0.5, 0.6) is 0 Å². The Balaban J connectivity index is 1.77. The van der Waals surface area contributed by atoms with Crippen LogP contribution in [-0.2, 0) is 0 Å².